The number of carbonyl (C=O) groups is 2. The van der Waals surface area contributed by atoms with E-state index in [1.54, 1.807) is 0 Å². The second kappa shape index (κ2) is 10.6. The Kier molecular flexibility index (Phi) is 7.33. The summed E-state index contributed by atoms with van der Waals surface area (Å²) in [5, 5.41) is 13.0. The Morgan fingerprint density at radius 2 is 1.89 bits per heavy atom. The normalized spacial score (nSPS) is 13.3. The number of hydrogen-bond acceptors (Lipinski definition) is 5. The van der Waals surface area contributed by atoms with Gasteiger partial charge in [0.25, 0.3) is 5.91 Å². The standard InChI is InChI=1S/C24H24F3N5O3/c25-24(26,27)14-22(33)28-18-10-11-20(32-15-19(30-31-32)23(34)29-17-8-9-17)21(13-18)35-12-4-7-16-5-2-1-3-6-16/h1-3,5-6,10-11,13,15,17H,4,7-9,12,14H2,(H,28,33)(H,29,34). The fourth-order valence-electron chi connectivity index (χ4n) is 3.36. The second-order valence-electron chi connectivity index (χ2n) is 8.26. The maximum atomic E-state index is 12.5. The van der Waals surface area contributed by atoms with Crippen molar-refractivity contribution >= 4 is 17.5 Å². The summed E-state index contributed by atoms with van der Waals surface area (Å²) in [6.45, 7) is 0.311. The van der Waals surface area contributed by atoms with Gasteiger partial charge >= 0.3 is 6.18 Å². The lowest BCUT2D eigenvalue weighted by atomic mass is 10.1. The van der Waals surface area contributed by atoms with Gasteiger partial charge in [-0.1, -0.05) is 35.5 Å². The fourth-order valence-corrected chi connectivity index (χ4v) is 3.36. The number of aryl methyl sites for hydroxylation is 1. The van der Waals surface area contributed by atoms with Gasteiger partial charge in [-0.2, -0.15) is 13.2 Å². The molecule has 0 atom stereocenters. The third-order valence-electron chi connectivity index (χ3n) is 5.20. The van der Waals surface area contributed by atoms with Crippen LogP contribution in [0.5, 0.6) is 5.75 Å². The van der Waals surface area contributed by atoms with E-state index in [0.717, 1.165) is 24.8 Å². The van der Waals surface area contributed by atoms with Crippen LogP contribution in [0.15, 0.2) is 54.7 Å². The maximum Gasteiger partial charge on any atom is 0.397 e. The quantitative estimate of drug-likeness (QED) is 0.421. The Morgan fingerprint density at radius 3 is 2.60 bits per heavy atom. The SMILES string of the molecule is O=C(CC(F)(F)F)Nc1ccc(-n2cc(C(=O)NC3CC3)nn2)c(OCCCc2ccccc2)c1. The second-order valence-corrected chi connectivity index (χ2v) is 8.26. The molecule has 8 nitrogen and oxygen atoms in total. The van der Waals surface area contributed by atoms with Crippen LogP contribution >= 0.6 is 0 Å². The van der Waals surface area contributed by atoms with Crippen LogP contribution < -0.4 is 15.4 Å². The van der Waals surface area contributed by atoms with E-state index in [1.165, 1.54) is 29.1 Å². The Labute approximate surface area is 199 Å². The van der Waals surface area contributed by atoms with Gasteiger partial charge in [0, 0.05) is 17.8 Å². The van der Waals surface area contributed by atoms with Crippen molar-refractivity contribution in [3.63, 3.8) is 0 Å². The van der Waals surface area contributed by atoms with E-state index in [0.29, 0.717) is 18.7 Å². The zero-order valence-corrected chi connectivity index (χ0v) is 18.7. The highest BCUT2D eigenvalue weighted by Gasteiger charge is 2.31. The van der Waals surface area contributed by atoms with Crippen molar-refractivity contribution in [3.8, 4) is 11.4 Å². The van der Waals surface area contributed by atoms with E-state index >= 15 is 0 Å². The van der Waals surface area contributed by atoms with Crippen molar-refractivity contribution < 1.29 is 27.5 Å². The Bertz CT molecular complexity index is 1180. The molecule has 184 valence electrons. The summed E-state index contributed by atoms with van der Waals surface area (Å²) in [6, 6.07) is 14.4. The molecular formula is C24H24F3N5O3. The lowest BCUT2D eigenvalue weighted by Crippen LogP contribution is -2.25. The first kappa shape index (κ1) is 24.2. The maximum absolute atomic E-state index is 12.5. The monoisotopic (exact) mass is 487 g/mol. The van der Waals surface area contributed by atoms with Gasteiger partial charge in [-0.15, -0.1) is 5.10 Å². The molecule has 1 aliphatic carbocycles. The van der Waals surface area contributed by atoms with E-state index in [1.807, 2.05) is 30.3 Å². The number of ether oxygens (including phenoxy) is 1. The number of rotatable bonds is 10. The summed E-state index contributed by atoms with van der Waals surface area (Å²) in [6.07, 6.45) is -1.44. The van der Waals surface area contributed by atoms with Crippen molar-refractivity contribution in [2.75, 3.05) is 11.9 Å². The van der Waals surface area contributed by atoms with Gasteiger partial charge in [0.05, 0.1) is 12.8 Å². The third kappa shape index (κ3) is 7.29. The number of benzene rings is 2. The average Bonchev–Trinajstić information content (AvgIpc) is 3.48. The molecule has 1 heterocycles. The molecular weight excluding hydrogens is 463 g/mol. The smallest absolute Gasteiger partial charge is 0.397 e. The molecule has 0 bridgehead atoms. The summed E-state index contributed by atoms with van der Waals surface area (Å²) in [7, 11) is 0. The predicted octanol–water partition coefficient (Wildman–Crippen LogP) is 4.06. The van der Waals surface area contributed by atoms with E-state index < -0.39 is 18.5 Å². The van der Waals surface area contributed by atoms with Gasteiger partial charge in [0.1, 0.15) is 17.9 Å². The minimum atomic E-state index is -4.61. The third-order valence-corrected chi connectivity index (χ3v) is 5.20. The van der Waals surface area contributed by atoms with E-state index in [4.69, 9.17) is 4.74 Å². The van der Waals surface area contributed by atoms with Crippen LogP contribution in [-0.4, -0.2) is 45.6 Å². The summed E-state index contributed by atoms with van der Waals surface area (Å²) in [4.78, 5) is 24.0. The molecule has 1 aromatic heterocycles. The number of nitrogens with one attached hydrogen (secondary N) is 2. The molecule has 0 radical (unpaired) electrons. The number of amides is 2. The highest BCUT2D eigenvalue weighted by Crippen LogP contribution is 2.28. The molecule has 35 heavy (non-hydrogen) atoms. The lowest BCUT2D eigenvalue weighted by molar-refractivity contribution is -0.150. The van der Waals surface area contributed by atoms with Crippen LogP contribution in [-0.2, 0) is 11.2 Å². The average molecular weight is 487 g/mol. The molecule has 1 fully saturated rings. The van der Waals surface area contributed by atoms with Crippen molar-refractivity contribution in [1.29, 1.82) is 0 Å². The largest absolute Gasteiger partial charge is 0.491 e. The van der Waals surface area contributed by atoms with Crippen molar-refractivity contribution in [2.24, 2.45) is 0 Å². The molecule has 0 aliphatic heterocycles. The van der Waals surface area contributed by atoms with Crippen LogP contribution in [0.1, 0.15) is 41.7 Å². The van der Waals surface area contributed by atoms with Crippen LogP contribution in [0.25, 0.3) is 5.69 Å². The summed E-state index contributed by atoms with van der Waals surface area (Å²) in [5.74, 6) is -1.23. The van der Waals surface area contributed by atoms with Gasteiger partial charge in [-0.05, 0) is 43.4 Å². The molecule has 11 heteroatoms. The number of aromatic nitrogens is 3. The minimum Gasteiger partial charge on any atom is -0.491 e. The van der Waals surface area contributed by atoms with Crippen molar-refractivity contribution in [3.05, 3.63) is 66.0 Å². The molecule has 3 aromatic rings. The summed E-state index contributed by atoms with van der Waals surface area (Å²) >= 11 is 0. The molecule has 2 amide bonds. The van der Waals surface area contributed by atoms with E-state index in [-0.39, 0.29) is 29.1 Å². The van der Waals surface area contributed by atoms with Crippen LogP contribution in [0.2, 0.25) is 0 Å². The van der Waals surface area contributed by atoms with Gasteiger partial charge in [0.15, 0.2) is 5.69 Å². The van der Waals surface area contributed by atoms with E-state index in [9.17, 15) is 22.8 Å². The number of nitrogens with zero attached hydrogens (tertiary/aromatic N) is 3. The summed E-state index contributed by atoms with van der Waals surface area (Å²) < 4.78 is 44.9. The molecule has 1 saturated carbocycles. The Balaban J connectivity index is 1.49. The van der Waals surface area contributed by atoms with Gasteiger partial charge in [0.2, 0.25) is 5.91 Å². The number of hydrogen-bond donors (Lipinski definition) is 2. The first-order chi connectivity index (χ1) is 16.8. The minimum absolute atomic E-state index is 0.134. The van der Waals surface area contributed by atoms with Gasteiger partial charge < -0.3 is 15.4 Å². The van der Waals surface area contributed by atoms with Gasteiger partial charge in [-0.3, -0.25) is 9.59 Å². The Hall–Kier alpha value is -3.89. The predicted molar refractivity (Wildman–Crippen MR) is 121 cm³/mol. The first-order valence-electron chi connectivity index (χ1n) is 11.2. The van der Waals surface area contributed by atoms with E-state index in [2.05, 4.69) is 20.9 Å². The van der Waals surface area contributed by atoms with Crippen LogP contribution in [0, 0.1) is 0 Å². The Morgan fingerprint density at radius 1 is 1.11 bits per heavy atom. The van der Waals surface area contributed by atoms with Crippen molar-refractivity contribution in [2.45, 2.75) is 44.3 Å². The molecule has 0 unspecified atom stereocenters. The topological polar surface area (TPSA) is 98.1 Å². The number of alkyl halides is 3. The molecule has 0 saturated heterocycles. The molecule has 2 N–H and O–H groups in total. The van der Waals surface area contributed by atoms with Crippen LogP contribution in [0.4, 0.5) is 18.9 Å². The van der Waals surface area contributed by atoms with Crippen LogP contribution in [0.3, 0.4) is 0 Å². The highest BCUT2D eigenvalue weighted by molar-refractivity contribution is 5.92. The molecule has 0 spiro atoms. The lowest BCUT2D eigenvalue weighted by Gasteiger charge is -2.14. The van der Waals surface area contributed by atoms with Crippen molar-refractivity contribution in [1.82, 2.24) is 20.3 Å². The van der Waals surface area contributed by atoms with Gasteiger partial charge in [-0.25, -0.2) is 4.68 Å². The number of halogens is 3. The first-order valence-corrected chi connectivity index (χ1v) is 11.2. The molecule has 4 rings (SSSR count). The molecule has 2 aromatic carbocycles. The number of anilines is 1. The fraction of sp³-hybridized carbons (Fsp3) is 0.333. The summed E-state index contributed by atoms with van der Waals surface area (Å²) in [5.41, 5.74) is 1.85. The number of carbonyl (C=O) groups excluding carboxylic acids is 2. The zero-order chi connectivity index (χ0) is 24.8. The highest BCUT2D eigenvalue weighted by atomic mass is 19.4. The zero-order valence-electron chi connectivity index (χ0n) is 18.7. The molecule has 1 aliphatic rings.